The highest BCUT2D eigenvalue weighted by molar-refractivity contribution is 6.09. The van der Waals surface area contributed by atoms with Gasteiger partial charge in [-0.2, -0.15) is 26.3 Å². The van der Waals surface area contributed by atoms with Gasteiger partial charge in [-0.05, 0) is 81.9 Å². The van der Waals surface area contributed by atoms with Crippen LogP contribution >= 0.6 is 0 Å². The minimum Gasteiger partial charge on any atom is -0.478 e. The smallest absolute Gasteiger partial charge is 0.416 e. The third kappa shape index (κ3) is 6.09. The van der Waals surface area contributed by atoms with Crippen LogP contribution < -0.4 is 0 Å². The molecule has 44 heavy (non-hydrogen) atoms. The van der Waals surface area contributed by atoms with Crippen molar-refractivity contribution in [2.75, 3.05) is 0 Å². The largest absolute Gasteiger partial charge is 0.478 e. The molecule has 0 aliphatic rings. The predicted octanol–water partition coefficient (Wildman–Crippen LogP) is 7.52. The maximum atomic E-state index is 13.2. The summed E-state index contributed by atoms with van der Waals surface area (Å²) < 4.78 is 79.4. The SMILES string of the molecule is O=C(O)c1cc(-c2ccc(C(F)(F)F)cc2)c(-c2cc(C(=O)O)c(C(=O)O)cc2-c2ccc(C(F)(F)F)cc2)cc1C(=O)O. The van der Waals surface area contributed by atoms with Crippen molar-refractivity contribution in [3.05, 3.63) is 106 Å². The minimum atomic E-state index is -4.75. The molecule has 0 radical (unpaired) electrons. The highest BCUT2D eigenvalue weighted by Gasteiger charge is 2.32. The number of alkyl halides is 6. The molecular formula is C30H16F6O8. The highest BCUT2D eigenvalue weighted by atomic mass is 19.4. The maximum absolute atomic E-state index is 13.2. The topological polar surface area (TPSA) is 149 Å². The standard InChI is InChI=1S/C30H16F6O8/c31-29(32,33)15-5-1-13(2-6-15)17-9-21(25(37)38)23(27(41)42)11-19(17)20-12-24(28(43)44)22(26(39)40)10-18(20)14-3-7-16(8-4-14)30(34,35)36/h1-12H,(H,37,38)(H,39,40)(H,41,42)(H,43,44). The van der Waals surface area contributed by atoms with Gasteiger partial charge in [0.25, 0.3) is 0 Å². The van der Waals surface area contributed by atoms with E-state index in [2.05, 4.69) is 0 Å². The van der Waals surface area contributed by atoms with Crippen LogP contribution in [0.2, 0.25) is 0 Å². The van der Waals surface area contributed by atoms with Crippen LogP contribution in [0.4, 0.5) is 26.3 Å². The number of halogens is 6. The molecule has 0 aliphatic heterocycles. The van der Waals surface area contributed by atoms with Gasteiger partial charge in [-0.25, -0.2) is 19.2 Å². The van der Waals surface area contributed by atoms with Crippen molar-refractivity contribution in [2.45, 2.75) is 12.4 Å². The van der Waals surface area contributed by atoms with Gasteiger partial charge in [-0.1, -0.05) is 24.3 Å². The first-order valence-electron chi connectivity index (χ1n) is 12.0. The lowest BCUT2D eigenvalue weighted by Crippen LogP contribution is -2.11. The molecule has 0 aliphatic carbocycles. The molecule has 0 bridgehead atoms. The van der Waals surface area contributed by atoms with Crippen molar-refractivity contribution in [3.63, 3.8) is 0 Å². The van der Waals surface area contributed by atoms with Crippen molar-refractivity contribution in [2.24, 2.45) is 0 Å². The second-order valence-electron chi connectivity index (χ2n) is 9.26. The average molecular weight is 618 g/mol. The van der Waals surface area contributed by atoms with Crippen LogP contribution in [0, 0.1) is 0 Å². The van der Waals surface area contributed by atoms with Crippen LogP contribution in [0.15, 0.2) is 72.8 Å². The van der Waals surface area contributed by atoms with E-state index in [9.17, 15) is 65.9 Å². The van der Waals surface area contributed by atoms with Crippen LogP contribution in [0.3, 0.4) is 0 Å². The lowest BCUT2D eigenvalue weighted by atomic mass is 9.84. The number of carbonyl (C=O) groups is 4. The van der Waals surface area contributed by atoms with E-state index in [4.69, 9.17) is 0 Å². The van der Waals surface area contributed by atoms with E-state index < -0.39 is 69.6 Å². The van der Waals surface area contributed by atoms with Crippen molar-refractivity contribution in [1.82, 2.24) is 0 Å². The van der Waals surface area contributed by atoms with Crippen LogP contribution in [-0.4, -0.2) is 44.3 Å². The second kappa shape index (κ2) is 11.2. The Bertz CT molecular complexity index is 1690. The molecular weight excluding hydrogens is 602 g/mol. The summed E-state index contributed by atoms with van der Waals surface area (Å²) in [4.78, 5) is 48.0. The van der Waals surface area contributed by atoms with Gasteiger partial charge in [0.05, 0.1) is 33.4 Å². The Morgan fingerprint density at radius 1 is 0.409 bits per heavy atom. The molecule has 0 saturated carbocycles. The molecule has 226 valence electrons. The number of hydrogen-bond acceptors (Lipinski definition) is 4. The van der Waals surface area contributed by atoms with Crippen molar-refractivity contribution in [1.29, 1.82) is 0 Å². The normalized spacial score (nSPS) is 11.7. The Morgan fingerprint density at radius 3 is 0.841 bits per heavy atom. The van der Waals surface area contributed by atoms with Gasteiger partial charge in [0, 0.05) is 0 Å². The molecule has 4 N–H and O–H groups in total. The summed E-state index contributed by atoms with van der Waals surface area (Å²) in [5.41, 5.74) is -6.44. The number of benzene rings is 4. The summed E-state index contributed by atoms with van der Waals surface area (Å²) in [5, 5.41) is 38.9. The van der Waals surface area contributed by atoms with Crippen molar-refractivity contribution >= 4 is 23.9 Å². The monoisotopic (exact) mass is 618 g/mol. The molecule has 4 aromatic rings. The lowest BCUT2D eigenvalue weighted by molar-refractivity contribution is -0.138. The molecule has 0 heterocycles. The Balaban J connectivity index is 2.16. The van der Waals surface area contributed by atoms with Gasteiger partial charge in [-0.15, -0.1) is 0 Å². The fraction of sp³-hybridized carbons (Fsp3) is 0.0667. The predicted molar refractivity (Wildman–Crippen MR) is 141 cm³/mol. The summed E-state index contributed by atoms with van der Waals surface area (Å²) in [7, 11) is 0. The molecule has 0 atom stereocenters. The van der Waals surface area contributed by atoms with E-state index in [0.717, 1.165) is 48.5 Å². The third-order valence-corrected chi connectivity index (χ3v) is 6.57. The number of aromatic carboxylic acids is 4. The number of hydrogen-bond donors (Lipinski definition) is 4. The number of carboxylic acids is 4. The second-order valence-corrected chi connectivity index (χ2v) is 9.26. The summed E-state index contributed by atoms with van der Waals surface area (Å²) in [6, 6.07) is 9.78. The fourth-order valence-electron chi connectivity index (χ4n) is 4.51. The van der Waals surface area contributed by atoms with Gasteiger partial charge in [0.15, 0.2) is 0 Å². The first-order valence-corrected chi connectivity index (χ1v) is 12.0. The Morgan fingerprint density at radius 2 is 0.636 bits per heavy atom. The van der Waals surface area contributed by atoms with E-state index in [1.807, 2.05) is 0 Å². The van der Waals surface area contributed by atoms with E-state index in [1.54, 1.807) is 0 Å². The van der Waals surface area contributed by atoms with Gasteiger partial charge in [0.1, 0.15) is 0 Å². The molecule has 0 saturated heterocycles. The summed E-state index contributed by atoms with van der Waals surface area (Å²) in [6.45, 7) is 0. The third-order valence-electron chi connectivity index (χ3n) is 6.57. The number of carboxylic acid groups (broad SMARTS) is 4. The zero-order valence-corrected chi connectivity index (χ0v) is 21.6. The minimum absolute atomic E-state index is 0.0787. The van der Waals surface area contributed by atoms with Crippen molar-refractivity contribution < 1.29 is 65.9 Å². The fourth-order valence-corrected chi connectivity index (χ4v) is 4.51. The lowest BCUT2D eigenvalue weighted by Gasteiger charge is -2.19. The molecule has 0 amide bonds. The first kappa shape index (κ1) is 31.3. The average Bonchev–Trinajstić information content (AvgIpc) is 2.94. The molecule has 14 heteroatoms. The van der Waals surface area contributed by atoms with E-state index in [-0.39, 0.29) is 33.4 Å². The Labute approximate surface area is 242 Å². The molecule has 0 spiro atoms. The molecule has 0 unspecified atom stereocenters. The van der Waals surface area contributed by atoms with Crippen LogP contribution in [0.25, 0.3) is 33.4 Å². The molecule has 4 aromatic carbocycles. The molecule has 4 rings (SSSR count). The van der Waals surface area contributed by atoms with E-state index in [1.165, 1.54) is 0 Å². The van der Waals surface area contributed by atoms with E-state index in [0.29, 0.717) is 24.3 Å². The van der Waals surface area contributed by atoms with Crippen LogP contribution in [0.5, 0.6) is 0 Å². The van der Waals surface area contributed by atoms with Crippen LogP contribution in [-0.2, 0) is 12.4 Å². The van der Waals surface area contributed by atoms with Crippen molar-refractivity contribution in [3.8, 4) is 33.4 Å². The summed E-state index contributed by atoms with van der Waals surface area (Å²) in [5.74, 6) is -6.95. The molecule has 0 fully saturated rings. The maximum Gasteiger partial charge on any atom is 0.416 e. The van der Waals surface area contributed by atoms with Gasteiger partial charge >= 0.3 is 36.2 Å². The highest BCUT2D eigenvalue weighted by Crippen LogP contribution is 2.43. The van der Waals surface area contributed by atoms with Crippen LogP contribution in [0.1, 0.15) is 52.6 Å². The van der Waals surface area contributed by atoms with Gasteiger partial charge < -0.3 is 20.4 Å². The zero-order valence-electron chi connectivity index (χ0n) is 21.6. The number of rotatable bonds is 7. The summed E-state index contributed by atoms with van der Waals surface area (Å²) >= 11 is 0. The van der Waals surface area contributed by atoms with E-state index >= 15 is 0 Å². The zero-order chi connectivity index (χ0) is 32.7. The Kier molecular flexibility index (Phi) is 7.97. The van der Waals surface area contributed by atoms with Gasteiger partial charge in [0.2, 0.25) is 0 Å². The molecule has 8 nitrogen and oxygen atoms in total. The van der Waals surface area contributed by atoms with Gasteiger partial charge in [-0.3, -0.25) is 0 Å². The Hall–Kier alpha value is -5.66. The first-order chi connectivity index (χ1) is 20.4. The quantitative estimate of drug-likeness (QED) is 0.155. The molecule has 0 aromatic heterocycles. The summed E-state index contributed by atoms with van der Waals surface area (Å²) in [6.07, 6.45) is -9.50.